The Bertz CT molecular complexity index is 797. The Morgan fingerprint density at radius 3 is 2.58 bits per heavy atom. The van der Waals surface area contributed by atoms with Crippen LogP contribution in [0.1, 0.15) is 50.9 Å². The highest BCUT2D eigenvalue weighted by atomic mass is 16.5. The van der Waals surface area contributed by atoms with E-state index in [-0.39, 0.29) is 42.4 Å². The van der Waals surface area contributed by atoms with Gasteiger partial charge in [0.1, 0.15) is 12.4 Å². The number of fused-ring (bicyclic) bond motifs is 1. The third-order valence-corrected chi connectivity index (χ3v) is 5.61. The largest absolute Gasteiger partial charge is 0.491 e. The van der Waals surface area contributed by atoms with Crippen molar-refractivity contribution in [1.29, 1.82) is 0 Å². The molecule has 0 saturated carbocycles. The van der Waals surface area contributed by atoms with Crippen LogP contribution in [0.3, 0.4) is 0 Å². The molecule has 1 aromatic carbocycles. The molecular formula is C23H35N3O5. The van der Waals surface area contributed by atoms with Gasteiger partial charge in [0.05, 0.1) is 17.7 Å². The molecule has 0 bridgehead atoms. The summed E-state index contributed by atoms with van der Waals surface area (Å²) in [5, 5.41) is 2.83. The van der Waals surface area contributed by atoms with Crippen LogP contribution in [0.2, 0.25) is 0 Å². The van der Waals surface area contributed by atoms with Crippen molar-refractivity contribution in [2.75, 3.05) is 39.2 Å². The van der Waals surface area contributed by atoms with E-state index in [0.29, 0.717) is 36.5 Å². The van der Waals surface area contributed by atoms with Gasteiger partial charge in [-0.3, -0.25) is 14.4 Å². The molecule has 2 rings (SSSR count). The van der Waals surface area contributed by atoms with Crippen molar-refractivity contribution < 1.29 is 23.9 Å². The highest BCUT2D eigenvalue weighted by molar-refractivity contribution is 5.99. The predicted molar refractivity (Wildman–Crippen MR) is 119 cm³/mol. The van der Waals surface area contributed by atoms with Gasteiger partial charge in [0.25, 0.3) is 5.91 Å². The number of amides is 3. The fourth-order valence-electron chi connectivity index (χ4n) is 3.74. The maximum atomic E-state index is 13.3. The number of likely N-dealkylation sites (N-methyl/N-ethyl adjacent to an activating group) is 1. The van der Waals surface area contributed by atoms with Gasteiger partial charge in [-0.25, -0.2) is 0 Å². The lowest BCUT2D eigenvalue weighted by molar-refractivity contribution is -0.133. The van der Waals surface area contributed by atoms with E-state index in [4.69, 9.17) is 9.47 Å². The number of nitrogens with zero attached hydrogens (tertiary/aromatic N) is 2. The Kier molecular flexibility index (Phi) is 8.86. The number of carbonyl (C=O) groups excluding carboxylic acids is 3. The Hall–Kier alpha value is -2.61. The van der Waals surface area contributed by atoms with Crippen LogP contribution in [0.4, 0.5) is 5.69 Å². The molecule has 8 heteroatoms. The van der Waals surface area contributed by atoms with Crippen LogP contribution in [-0.4, -0.2) is 73.5 Å². The van der Waals surface area contributed by atoms with Crippen molar-refractivity contribution in [3.63, 3.8) is 0 Å². The standard InChI is InChI=1S/C23H35N3O5/c1-7-8-22(28)24-18-9-10-20-19(11-18)23(29)25(5)13-21(30-6)15(2)12-26(17(4)27)16(3)14-31-20/h9-11,15-16,21H,7-8,12-14H2,1-6H3,(H,24,28)/t15-,16+,21+/m1/s1. The molecule has 3 amide bonds. The minimum absolute atomic E-state index is 0.0187. The summed E-state index contributed by atoms with van der Waals surface area (Å²) in [5.74, 6) is 0.0887. The van der Waals surface area contributed by atoms with E-state index in [1.165, 1.54) is 0 Å². The van der Waals surface area contributed by atoms with E-state index in [9.17, 15) is 14.4 Å². The van der Waals surface area contributed by atoms with Crippen LogP contribution in [0, 0.1) is 5.92 Å². The van der Waals surface area contributed by atoms with Crippen molar-refractivity contribution in [3.8, 4) is 5.75 Å². The first-order valence-electron chi connectivity index (χ1n) is 10.8. The summed E-state index contributed by atoms with van der Waals surface area (Å²) >= 11 is 0. The van der Waals surface area contributed by atoms with E-state index in [1.807, 2.05) is 20.8 Å². The molecule has 0 saturated heterocycles. The molecule has 0 spiro atoms. The number of rotatable bonds is 4. The fourth-order valence-corrected chi connectivity index (χ4v) is 3.74. The zero-order valence-electron chi connectivity index (χ0n) is 19.4. The molecule has 0 fully saturated rings. The van der Waals surface area contributed by atoms with Gasteiger partial charge in [0, 0.05) is 52.2 Å². The molecule has 1 aliphatic rings. The van der Waals surface area contributed by atoms with Gasteiger partial charge < -0.3 is 24.6 Å². The van der Waals surface area contributed by atoms with Crippen molar-refractivity contribution in [1.82, 2.24) is 9.80 Å². The average molecular weight is 434 g/mol. The highest BCUT2D eigenvalue weighted by Gasteiger charge is 2.29. The molecule has 31 heavy (non-hydrogen) atoms. The predicted octanol–water partition coefficient (Wildman–Crippen LogP) is 2.78. The minimum atomic E-state index is -0.237. The monoisotopic (exact) mass is 433 g/mol. The number of carbonyl (C=O) groups is 3. The lowest BCUT2D eigenvalue weighted by Gasteiger charge is -2.35. The summed E-state index contributed by atoms with van der Waals surface area (Å²) in [4.78, 5) is 40.9. The highest BCUT2D eigenvalue weighted by Crippen LogP contribution is 2.26. The maximum Gasteiger partial charge on any atom is 0.257 e. The zero-order chi connectivity index (χ0) is 23.1. The SMILES string of the molecule is CCCC(=O)Nc1ccc2c(c1)C(=O)N(C)C[C@H](OC)[C@H](C)CN(C(C)=O)[C@@H](C)CO2. The second-order valence-electron chi connectivity index (χ2n) is 8.28. The van der Waals surface area contributed by atoms with Crippen molar-refractivity contribution in [2.45, 2.75) is 52.7 Å². The van der Waals surface area contributed by atoms with Gasteiger partial charge in [-0.2, -0.15) is 0 Å². The first-order chi connectivity index (χ1) is 14.7. The smallest absolute Gasteiger partial charge is 0.257 e. The van der Waals surface area contributed by atoms with E-state index in [2.05, 4.69) is 5.32 Å². The van der Waals surface area contributed by atoms with Crippen LogP contribution < -0.4 is 10.1 Å². The first kappa shape index (κ1) is 24.7. The topological polar surface area (TPSA) is 88.2 Å². The van der Waals surface area contributed by atoms with Gasteiger partial charge in [0.2, 0.25) is 11.8 Å². The molecule has 3 atom stereocenters. The molecule has 0 aromatic heterocycles. The van der Waals surface area contributed by atoms with E-state index >= 15 is 0 Å². The maximum absolute atomic E-state index is 13.3. The van der Waals surface area contributed by atoms with Crippen LogP contribution in [0.25, 0.3) is 0 Å². The average Bonchev–Trinajstić information content (AvgIpc) is 2.72. The molecule has 1 aliphatic heterocycles. The van der Waals surface area contributed by atoms with Gasteiger partial charge >= 0.3 is 0 Å². The minimum Gasteiger partial charge on any atom is -0.491 e. The Morgan fingerprint density at radius 1 is 1.26 bits per heavy atom. The summed E-state index contributed by atoms with van der Waals surface area (Å²) in [6.07, 6.45) is 0.912. The second kappa shape index (κ2) is 11.1. The zero-order valence-corrected chi connectivity index (χ0v) is 19.4. The first-order valence-corrected chi connectivity index (χ1v) is 10.8. The number of hydrogen-bond donors (Lipinski definition) is 1. The summed E-state index contributed by atoms with van der Waals surface area (Å²) in [6, 6.07) is 4.88. The molecule has 0 radical (unpaired) electrons. The molecule has 1 aromatic rings. The Labute approximate surface area is 184 Å². The second-order valence-corrected chi connectivity index (χ2v) is 8.28. The summed E-state index contributed by atoms with van der Waals surface area (Å²) < 4.78 is 11.6. The van der Waals surface area contributed by atoms with Crippen LogP contribution >= 0.6 is 0 Å². The Balaban J connectivity index is 2.42. The quantitative estimate of drug-likeness (QED) is 0.789. The van der Waals surface area contributed by atoms with Crippen LogP contribution in [0.15, 0.2) is 18.2 Å². The lowest BCUT2D eigenvalue weighted by atomic mass is 10.0. The van der Waals surface area contributed by atoms with Gasteiger partial charge in [-0.05, 0) is 31.5 Å². The summed E-state index contributed by atoms with van der Waals surface area (Å²) in [7, 11) is 3.33. The van der Waals surface area contributed by atoms with E-state index in [0.717, 1.165) is 6.42 Å². The normalized spacial score (nSPS) is 22.6. The summed E-state index contributed by atoms with van der Waals surface area (Å²) in [5.41, 5.74) is 0.908. The van der Waals surface area contributed by atoms with Crippen LogP contribution in [-0.2, 0) is 14.3 Å². The fraction of sp³-hybridized carbons (Fsp3) is 0.609. The third kappa shape index (κ3) is 6.43. The molecule has 1 N–H and O–H groups in total. The van der Waals surface area contributed by atoms with E-state index in [1.54, 1.807) is 49.1 Å². The molecule has 1 heterocycles. The van der Waals surface area contributed by atoms with Crippen LogP contribution in [0.5, 0.6) is 5.75 Å². The molecule has 0 aliphatic carbocycles. The third-order valence-electron chi connectivity index (χ3n) is 5.61. The van der Waals surface area contributed by atoms with Crippen molar-refractivity contribution in [3.05, 3.63) is 23.8 Å². The number of hydrogen-bond acceptors (Lipinski definition) is 5. The lowest BCUT2D eigenvalue weighted by Crippen LogP contribution is -2.48. The van der Waals surface area contributed by atoms with Gasteiger partial charge in [-0.1, -0.05) is 13.8 Å². The molecule has 0 unspecified atom stereocenters. The molecule has 172 valence electrons. The number of methoxy groups -OCH3 is 1. The van der Waals surface area contributed by atoms with Crippen molar-refractivity contribution in [2.24, 2.45) is 5.92 Å². The number of ether oxygens (including phenoxy) is 2. The van der Waals surface area contributed by atoms with Crippen molar-refractivity contribution >= 4 is 23.4 Å². The molecule has 8 nitrogen and oxygen atoms in total. The number of benzene rings is 1. The number of nitrogens with one attached hydrogen (secondary N) is 1. The van der Waals surface area contributed by atoms with E-state index < -0.39 is 0 Å². The molecular weight excluding hydrogens is 398 g/mol. The summed E-state index contributed by atoms with van der Waals surface area (Å²) in [6.45, 7) is 8.54. The van der Waals surface area contributed by atoms with Gasteiger partial charge in [-0.15, -0.1) is 0 Å². The van der Waals surface area contributed by atoms with Gasteiger partial charge in [0.15, 0.2) is 0 Å². The Morgan fingerprint density at radius 2 is 1.97 bits per heavy atom. The number of anilines is 1.